The minimum Gasteiger partial charge on any atom is -0.494 e. The first kappa shape index (κ1) is 33.9. The summed E-state index contributed by atoms with van der Waals surface area (Å²) in [5.74, 6) is -1.29. The van der Waals surface area contributed by atoms with Crippen LogP contribution in [-0.4, -0.2) is 54.0 Å². The van der Waals surface area contributed by atoms with Crippen molar-refractivity contribution in [3.8, 4) is 17.2 Å². The molecule has 3 aromatic rings. The lowest BCUT2D eigenvalue weighted by Gasteiger charge is -2.17. The minimum atomic E-state index is -1.24. The molecule has 1 amide bonds. The number of carboxylic acids is 1. The van der Waals surface area contributed by atoms with Gasteiger partial charge in [0.1, 0.15) is 18.0 Å². The Labute approximate surface area is 258 Å². The lowest BCUT2D eigenvalue weighted by atomic mass is 10.0. The Balaban J connectivity index is 1.60. The SMILES string of the molecule is CCCCCCCOc1ccc(C(=O)Oc2ccc(CC(NC(=O)c3cccc(NC(O)CC)c3)C(=O)O)cc2OC)cc1. The van der Waals surface area contributed by atoms with E-state index in [-0.39, 0.29) is 23.5 Å². The molecular formula is C34H42N2O8. The van der Waals surface area contributed by atoms with Gasteiger partial charge in [0, 0.05) is 17.7 Å². The summed E-state index contributed by atoms with van der Waals surface area (Å²) in [5.41, 5.74) is 1.66. The number of carbonyl (C=O) groups is 3. The van der Waals surface area contributed by atoms with Gasteiger partial charge in [-0.15, -0.1) is 0 Å². The molecule has 0 spiro atoms. The van der Waals surface area contributed by atoms with Gasteiger partial charge >= 0.3 is 11.9 Å². The number of carboxylic acid groups (broad SMARTS) is 1. The maximum absolute atomic E-state index is 12.9. The number of amides is 1. The van der Waals surface area contributed by atoms with Crippen LogP contribution in [0.4, 0.5) is 5.69 Å². The highest BCUT2D eigenvalue weighted by molar-refractivity contribution is 5.97. The number of aliphatic carboxylic acids is 1. The third kappa shape index (κ3) is 10.6. The summed E-state index contributed by atoms with van der Waals surface area (Å²) in [7, 11) is 1.41. The molecule has 0 aliphatic carbocycles. The second-order valence-electron chi connectivity index (χ2n) is 10.4. The topological polar surface area (TPSA) is 143 Å². The molecule has 2 atom stereocenters. The molecule has 2 unspecified atom stereocenters. The molecule has 10 nitrogen and oxygen atoms in total. The summed E-state index contributed by atoms with van der Waals surface area (Å²) in [6.45, 7) is 4.61. The van der Waals surface area contributed by atoms with E-state index in [1.807, 2.05) is 6.92 Å². The summed E-state index contributed by atoms with van der Waals surface area (Å²) >= 11 is 0. The third-order valence-corrected chi connectivity index (χ3v) is 6.93. The van der Waals surface area contributed by atoms with Crippen LogP contribution in [0.1, 0.15) is 78.7 Å². The van der Waals surface area contributed by atoms with Gasteiger partial charge in [-0.1, -0.05) is 51.7 Å². The van der Waals surface area contributed by atoms with Crippen LogP contribution in [0.3, 0.4) is 0 Å². The first-order chi connectivity index (χ1) is 21.2. The fourth-order valence-electron chi connectivity index (χ4n) is 4.39. The van der Waals surface area contributed by atoms with Crippen molar-refractivity contribution < 1.29 is 38.8 Å². The van der Waals surface area contributed by atoms with E-state index >= 15 is 0 Å². The zero-order chi connectivity index (χ0) is 31.9. The van der Waals surface area contributed by atoms with Gasteiger partial charge in [0.15, 0.2) is 11.5 Å². The number of ether oxygens (including phenoxy) is 3. The lowest BCUT2D eigenvalue weighted by molar-refractivity contribution is -0.139. The standard InChI is InChI=1S/C34H42N2O8/c1-4-6-7-8-9-19-43-27-16-14-24(15-17-27)34(41)44-29-18-13-23(21-30(29)42-3)20-28(33(39)40)36-32(38)25-11-10-12-26(22-25)35-31(37)5-2/h10-18,21-22,28,31,35,37H,4-9,19-20H2,1-3H3,(H,36,38)(H,39,40). The quantitative estimate of drug-likeness (QED) is 0.0609. The van der Waals surface area contributed by atoms with E-state index in [2.05, 4.69) is 17.6 Å². The molecule has 0 heterocycles. The second-order valence-corrected chi connectivity index (χ2v) is 10.4. The van der Waals surface area contributed by atoms with Crippen molar-refractivity contribution in [3.63, 3.8) is 0 Å². The monoisotopic (exact) mass is 606 g/mol. The third-order valence-electron chi connectivity index (χ3n) is 6.93. The highest BCUT2D eigenvalue weighted by atomic mass is 16.6. The van der Waals surface area contributed by atoms with Crippen molar-refractivity contribution in [1.82, 2.24) is 5.32 Å². The highest BCUT2D eigenvalue weighted by Gasteiger charge is 2.23. The number of anilines is 1. The second kappa shape index (κ2) is 17.5. The number of aliphatic hydroxyl groups excluding tert-OH is 1. The van der Waals surface area contributed by atoms with E-state index < -0.39 is 30.1 Å². The molecule has 10 heteroatoms. The molecule has 3 rings (SSSR count). The van der Waals surface area contributed by atoms with Gasteiger partial charge in [0.05, 0.1) is 19.3 Å². The Morgan fingerprint density at radius 2 is 1.61 bits per heavy atom. The number of aliphatic hydroxyl groups is 1. The van der Waals surface area contributed by atoms with Gasteiger partial charge in [0.25, 0.3) is 5.91 Å². The molecule has 44 heavy (non-hydrogen) atoms. The summed E-state index contributed by atoms with van der Waals surface area (Å²) in [5, 5.41) is 25.0. The maximum Gasteiger partial charge on any atom is 0.343 e. The molecule has 0 fully saturated rings. The summed E-state index contributed by atoms with van der Waals surface area (Å²) in [6, 6.07) is 16.6. The smallest absolute Gasteiger partial charge is 0.343 e. The Morgan fingerprint density at radius 1 is 0.864 bits per heavy atom. The van der Waals surface area contributed by atoms with Crippen LogP contribution in [0.5, 0.6) is 17.2 Å². The van der Waals surface area contributed by atoms with Crippen LogP contribution in [0.15, 0.2) is 66.7 Å². The zero-order valence-corrected chi connectivity index (χ0v) is 25.5. The summed E-state index contributed by atoms with van der Waals surface area (Å²) in [4.78, 5) is 37.7. The number of nitrogens with one attached hydrogen (secondary N) is 2. The Morgan fingerprint density at radius 3 is 2.30 bits per heavy atom. The van der Waals surface area contributed by atoms with Crippen LogP contribution >= 0.6 is 0 Å². The molecule has 4 N–H and O–H groups in total. The van der Waals surface area contributed by atoms with E-state index in [4.69, 9.17) is 14.2 Å². The van der Waals surface area contributed by atoms with E-state index in [1.165, 1.54) is 38.5 Å². The molecule has 0 aliphatic heterocycles. The van der Waals surface area contributed by atoms with Crippen molar-refractivity contribution >= 4 is 23.5 Å². The van der Waals surface area contributed by atoms with E-state index in [0.29, 0.717) is 35.6 Å². The van der Waals surface area contributed by atoms with E-state index in [9.17, 15) is 24.6 Å². The molecule has 0 saturated heterocycles. The number of methoxy groups -OCH3 is 1. The number of carbonyl (C=O) groups excluding carboxylic acids is 2. The van der Waals surface area contributed by atoms with Gasteiger partial charge in [-0.3, -0.25) is 4.79 Å². The fraction of sp³-hybridized carbons (Fsp3) is 0.382. The number of benzene rings is 3. The van der Waals surface area contributed by atoms with E-state index in [0.717, 1.165) is 12.8 Å². The first-order valence-electron chi connectivity index (χ1n) is 14.9. The normalized spacial score (nSPS) is 12.1. The van der Waals surface area contributed by atoms with Crippen molar-refractivity contribution in [2.75, 3.05) is 19.0 Å². The molecule has 0 saturated carbocycles. The van der Waals surface area contributed by atoms with Crippen molar-refractivity contribution in [2.45, 2.75) is 71.1 Å². The average Bonchev–Trinajstić information content (AvgIpc) is 3.03. The largest absolute Gasteiger partial charge is 0.494 e. The van der Waals surface area contributed by atoms with Crippen LogP contribution in [-0.2, 0) is 11.2 Å². The Hall–Kier alpha value is -4.57. The molecule has 0 aliphatic rings. The molecule has 0 aromatic heterocycles. The molecule has 0 bridgehead atoms. The first-order valence-corrected chi connectivity index (χ1v) is 14.9. The van der Waals surface area contributed by atoms with Gasteiger partial charge in [-0.25, -0.2) is 9.59 Å². The lowest BCUT2D eigenvalue weighted by Crippen LogP contribution is -2.42. The van der Waals surface area contributed by atoms with E-state index in [1.54, 1.807) is 54.6 Å². The fourth-order valence-corrected chi connectivity index (χ4v) is 4.39. The molecule has 0 radical (unpaired) electrons. The van der Waals surface area contributed by atoms with Crippen LogP contribution in [0.25, 0.3) is 0 Å². The average molecular weight is 607 g/mol. The molecule has 3 aromatic carbocycles. The van der Waals surface area contributed by atoms with Gasteiger partial charge < -0.3 is 35.1 Å². The number of hydrogen-bond acceptors (Lipinski definition) is 8. The molecule has 236 valence electrons. The Bertz CT molecular complexity index is 1380. The summed E-state index contributed by atoms with van der Waals surface area (Å²) in [6.07, 6.45) is 5.39. The van der Waals surface area contributed by atoms with Crippen LogP contribution in [0, 0.1) is 0 Å². The number of rotatable bonds is 18. The van der Waals surface area contributed by atoms with Gasteiger partial charge in [-0.05, 0) is 73.0 Å². The van der Waals surface area contributed by atoms with Crippen molar-refractivity contribution in [3.05, 3.63) is 83.4 Å². The highest BCUT2D eigenvalue weighted by Crippen LogP contribution is 2.30. The number of unbranched alkanes of at least 4 members (excludes halogenated alkanes) is 4. The predicted molar refractivity (Wildman–Crippen MR) is 168 cm³/mol. The zero-order valence-electron chi connectivity index (χ0n) is 25.5. The van der Waals surface area contributed by atoms with Gasteiger partial charge in [-0.2, -0.15) is 0 Å². The maximum atomic E-state index is 12.9. The predicted octanol–water partition coefficient (Wildman–Crippen LogP) is 5.83. The van der Waals surface area contributed by atoms with Crippen molar-refractivity contribution in [1.29, 1.82) is 0 Å². The van der Waals surface area contributed by atoms with Crippen LogP contribution in [0.2, 0.25) is 0 Å². The number of hydrogen-bond donors (Lipinski definition) is 4. The van der Waals surface area contributed by atoms with Crippen LogP contribution < -0.4 is 24.8 Å². The van der Waals surface area contributed by atoms with Gasteiger partial charge in [0.2, 0.25) is 0 Å². The van der Waals surface area contributed by atoms with Crippen molar-refractivity contribution in [2.24, 2.45) is 0 Å². The summed E-state index contributed by atoms with van der Waals surface area (Å²) < 4.78 is 16.7. The molecular weight excluding hydrogens is 564 g/mol. The minimum absolute atomic E-state index is 0.0434. The Kier molecular flexibility index (Phi) is 13.5. The number of esters is 1.